The van der Waals surface area contributed by atoms with E-state index in [2.05, 4.69) is 5.32 Å². The van der Waals surface area contributed by atoms with Crippen LogP contribution in [0.15, 0.2) is 36.4 Å². The lowest BCUT2D eigenvalue weighted by molar-refractivity contribution is -0.117. The molecular formula is C18H16F4N2O. The maximum atomic E-state index is 13.8. The van der Waals surface area contributed by atoms with Gasteiger partial charge in [-0.15, -0.1) is 0 Å². The molecule has 132 valence electrons. The summed E-state index contributed by atoms with van der Waals surface area (Å²) in [7, 11) is 0. The highest BCUT2D eigenvalue weighted by Gasteiger charge is 2.31. The smallest absolute Gasteiger partial charge is 0.238 e. The molecule has 0 atom stereocenters. The van der Waals surface area contributed by atoms with Gasteiger partial charge >= 0.3 is 0 Å². The van der Waals surface area contributed by atoms with Crippen molar-refractivity contribution in [3.63, 3.8) is 0 Å². The average molecular weight is 352 g/mol. The summed E-state index contributed by atoms with van der Waals surface area (Å²) in [5.41, 5.74) is 0.0340. The van der Waals surface area contributed by atoms with E-state index in [1.54, 1.807) is 23.1 Å². The van der Waals surface area contributed by atoms with Crippen LogP contribution in [0.1, 0.15) is 18.4 Å². The SMILES string of the molecule is O=C(CN(Cc1ccccc1F)C1CC1)Nc1ccc(F)c(F)c1F. The predicted octanol–water partition coefficient (Wildman–Crippen LogP) is 3.85. The molecule has 1 N–H and O–H groups in total. The molecule has 2 aromatic carbocycles. The number of anilines is 1. The second-order valence-electron chi connectivity index (χ2n) is 6.00. The molecule has 1 saturated carbocycles. The molecule has 3 nitrogen and oxygen atoms in total. The second kappa shape index (κ2) is 7.23. The van der Waals surface area contributed by atoms with Gasteiger partial charge in [0.05, 0.1) is 12.2 Å². The Hall–Kier alpha value is -2.41. The molecule has 1 fully saturated rings. The summed E-state index contributed by atoms with van der Waals surface area (Å²) in [6.45, 7) is 0.141. The number of halogens is 4. The molecule has 0 spiro atoms. The zero-order chi connectivity index (χ0) is 18.0. The molecule has 0 aliphatic heterocycles. The monoisotopic (exact) mass is 352 g/mol. The Morgan fingerprint density at radius 2 is 1.72 bits per heavy atom. The molecule has 0 bridgehead atoms. The van der Waals surface area contributed by atoms with Gasteiger partial charge in [0.15, 0.2) is 17.5 Å². The summed E-state index contributed by atoms with van der Waals surface area (Å²) in [5.74, 6) is -5.34. The Labute approximate surface area is 142 Å². The molecule has 0 heterocycles. The van der Waals surface area contributed by atoms with Crippen molar-refractivity contribution in [2.24, 2.45) is 0 Å². The van der Waals surface area contributed by atoms with Crippen molar-refractivity contribution in [2.45, 2.75) is 25.4 Å². The van der Waals surface area contributed by atoms with Gasteiger partial charge in [-0.2, -0.15) is 0 Å². The third-order valence-electron chi connectivity index (χ3n) is 4.05. The van der Waals surface area contributed by atoms with E-state index in [0.29, 0.717) is 5.56 Å². The minimum absolute atomic E-state index is 0.0998. The van der Waals surface area contributed by atoms with Crippen molar-refractivity contribution in [3.8, 4) is 0 Å². The van der Waals surface area contributed by atoms with Crippen LogP contribution in [0.2, 0.25) is 0 Å². The van der Waals surface area contributed by atoms with E-state index in [9.17, 15) is 22.4 Å². The zero-order valence-electron chi connectivity index (χ0n) is 13.2. The van der Waals surface area contributed by atoms with Crippen LogP contribution in [0.25, 0.3) is 0 Å². The number of hydrogen-bond donors (Lipinski definition) is 1. The number of carbonyl (C=O) groups is 1. The Kier molecular flexibility index (Phi) is 5.03. The Morgan fingerprint density at radius 3 is 2.40 bits per heavy atom. The van der Waals surface area contributed by atoms with E-state index in [1.807, 2.05) is 0 Å². The van der Waals surface area contributed by atoms with Crippen LogP contribution < -0.4 is 5.32 Å². The maximum absolute atomic E-state index is 13.8. The molecule has 2 aromatic rings. The number of hydrogen-bond acceptors (Lipinski definition) is 2. The summed E-state index contributed by atoms with van der Waals surface area (Å²) in [6, 6.07) is 8.13. The van der Waals surface area contributed by atoms with Crippen molar-refractivity contribution >= 4 is 11.6 Å². The van der Waals surface area contributed by atoms with E-state index in [0.717, 1.165) is 25.0 Å². The third kappa shape index (κ3) is 4.17. The number of nitrogens with one attached hydrogen (secondary N) is 1. The molecule has 3 rings (SSSR count). The summed E-state index contributed by atoms with van der Waals surface area (Å²) in [4.78, 5) is 13.9. The van der Waals surface area contributed by atoms with Crippen LogP contribution >= 0.6 is 0 Å². The molecule has 1 aliphatic carbocycles. The lowest BCUT2D eigenvalue weighted by Crippen LogP contribution is -2.35. The zero-order valence-corrected chi connectivity index (χ0v) is 13.2. The van der Waals surface area contributed by atoms with Gasteiger partial charge < -0.3 is 5.32 Å². The summed E-state index contributed by atoms with van der Waals surface area (Å²) >= 11 is 0. The van der Waals surface area contributed by atoms with E-state index >= 15 is 0 Å². The van der Waals surface area contributed by atoms with Crippen molar-refractivity contribution in [3.05, 3.63) is 65.2 Å². The second-order valence-corrected chi connectivity index (χ2v) is 6.00. The lowest BCUT2D eigenvalue weighted by atomic mass is 10.2. The molecule has 0 saturated heterocycles. The van der Waals surface area contributed by atoms with Crippen molar-refractivity contribution in [1.29, 1.82) is 0 Å². The van der Waals surface area contributed by atoms with Crippen LogP contribution in [-0.2, 0) is 11.3 Å². The average Bonchev–Trinajstić information content (AvgIpc) is 3.42. The molecular weight excluding hydrogens is 336 g/mol. The molecule has 1 amide bonds. The number of carbonyl (C=O) groups excluding carboxylic acids is 1. The van der Waals surface area contributed by atoms with Gasteiger partial charge in [-0.3, -0.25) is 9.69 Å². The fourth-order valence-corrected chi connectivity index (χ4v) is 2.60. The number of benzene rings is 2. The predicted molar refractivity (Wildman–Crippen MR) is 84.8 cm³/mol. The molecule has 25 heavy (non-hydrogen) atoms. The fourth-order valence-electron chi connectivity index (χ4n) is 2.60. The van der Waals surface area contributed by atoms with Gasteiger partial charge in [0.1, 0.15) is 5.82 Å². The molecule has 0 radical (unpaired) electrons. The van der Waals surface area contributed by atoms with Crippen molar-refractivity contribution in [2.75, 3.05) is 11.9 Å². The van der Waals surface area contributed by atoms with Gasteiger partial charge in [0.2, 0.25) is 5.91 Å². The fraction of sp³-hybridized carbons (Fsp3) is 0.278. The highest BCUT2D eigenvalue weighted by Crippen LogP contribution is 2.29. The first-order valence-electron chi connectivity index (χ1n) is 7.86. The largest absolute Gasteiger partial charge is 0.322 e. The third-order valence-corrected chi connectivity index (χ3v) is 4.05. The first kappa shape index (κ1) is 17.4. The van der Waals surface area contributed by atoms with Gasteiger partial charge in [-0.25, -0.2) is 17.6 Å². The molecule has 0 aromatic heterocycles. The molecule has 0 unspecified atom stereocenters. The van der Waals surface area contributed by atoms with Gasteiger partial charge in [-0.05, 0) is 31.0 Å². The van der Waals surface area contributed by atoms with Crippen molar-refractivity contribution < 1.29 is 22.4 Å². The van der Waals surface area contributed by atoms with E-state index < -0.39 is 29.0 Å². The quantitative estimate of drug-likeness (QED) is 0.633. The van der Waals surface area contributed by atoms with Crippen LogP contribution in [-0.4, -0.2) is 23.4 Å². The van der Waals surface area contributed by atoms with E-state index in [1.165, 1.54) is 6.07 Å². The standard InChI is InChI=1S/C18H16F4N2O/c19-13-4-2-1-3-11(13)9-24(12-5-6-12)10-16(25)23-15-8-7-14(20)17(21)18(15)22/h1-4,7-8,12H,5-6,9-10H2,(H,23,25). The van der Waals surface area contributed by atoms with E-state index in [4.69, 9.17) is 0 Å². The summed E-state index contributed by atoms with van der Waals surface area (Å²) in [6.07, 6.45) is 1.78. The van der Waals surface area contributed by atoms with Gasteiger partial charge in [0.25, 0.3) is 0 Å². The minimum Gasteiger partial charge on any atom is -0.322 e. The van der Waals surface area contributed by atoms with Gasteiger partial charge in [0, 0.05) is 18.2 Å². The van der Waals surface area contributed by atoms with Crippen molar-refractivity contribution in [1.82, 2.24) is 4.90 Å². The Morgan fingerprint density at radius 1 is 1.00 bits per heavy atom. The summed E-state index contributed by atoms with van der Waals surface area (Å²) < 4.78 is 53.6. The van der Waals surface area contributed by atoms with Crippen LogP contribution in [0.5, 0.6) is 0 Å². The topological polar surface area (TPSA) is 32.3 Å². The van der Waals surface area contributed by atoms with Crippen LogP contribution in [0.3, 0.4) is 0 Å². The number of rotatable bonds is 6. The Bertz CT molecular complexity index is 793. The minimum atomic E-state index is -1.64. The van der Waals surface area contributed by atoms with Crippen LogP contribution in [0.4, 0.5) is 23.2 Å². The highest BCUT2D eigenvalue weighted by atomic mass is 19.2. The normalized spacial score (nSPS) is 14.0. The van der Waals surface area contributed by atoms with E-state index in [-0.39, 0.29) is 24.9 Å². The first-order chi connectivity index (χ1) is 12.0. The lowest BCUT2D eigenvalue weighted by Gasteiger charge is -2.22. The van der Waals surface area contributed by atoms with Crippen LogP contribution in [0, 0.1) is 23.3 Å². The highest BCUT2D eigenvalue weighted by molar-refractivity contribution is 5.92. The summed E-state index contributed by atoms with van der Waals surface area (Å²) in [5, 5.41) is 2.24. The Balaban J connectivity index is 1.68. The number of nitrogens with zero attached hydrogens (tertiary/aromatic N) is 1. The first-order valence-corrected chi connectivity index (χ1v) is 7.86. The molecule has 1 aliphatic rings. The van der Waals surface area contributed by atoms with Gasteiger partial charge in [-0.1, -0.05) is 18.2 Å². The molecule has 7 heteroatoms. The number of amides is 1. The maximum Gasteiger partial charge on any atom is 0.238 e.